The van der Waals surface area contributed by atoms with Crippen LogP contribution < -0.4 is 9.88 Å². The molecular weight excluding hydrogens is 340 g/mol. The summed E-state index contributed by atoms with van der Waals surface area (Å²) in [4.78, 5) is 9.49. The van der Waals surface area contributed by atoms with Crippen molar-refractivity contribution < 1.29 is 18.1 Å². The number of primary sulfonamides is 1. The van der Waals surface area contributed by atoms with Gasteiger partial charge in [0.05, 0.1) is 4.92 Å². The number of rotatable bonds is 4. The standard InChI is InChI=1S/C10H11BrN2O5S/c1-6(11)7(2)18-9-4-3-8(13(14)15)5-10(9)19(12,16)17/h3-5H,1-2H3,(H2,12,16,17). The molecule has 104 valence electrons. The van der Waals surface area contributed by atoms with Crippen LogP contribution in [0.3, 0.4) is 0 Å². The van der Waals surface area contributed by atoms with E-state index in [4.69, 9.17) is 9.88 Å². The van der Waals surface area contributed by atoms with Gasteiger partial charge in [-0.05, 0) is 19.9 Å². The van der Waals surface area contributed by atoms with E-state index in [1.165, 1.54) is 6.07 Å². The molecule has 0 aliphatic heterocycles. The van der Waals surface area contributed by atoms with Gasteiger partial charge in [0, 0.05) is 16.6 Å². The Morgan fingerprint density at radius 2 is 2.00 bits per heavy atom. The first kappa shape index (κ1) is 15.6. The Morgan fingerprint density at radius 1 is 1.42 bits per heavy atom. The highest BCUT2D eigenvalue weighted by Crippen LogP contribution is 2.29. The van der Waals surface area contributed by atoms with E-state index in [0.29, 0.717) is 10.2 Å². The molecule has 0 aliphatic rings. The van der Waals surface area contributed by atoms with Crippen molar-refractivity contribution in [3.8, 4) is 5.75 Å². The van der Waals surface area contributed by atoms with E-state index in [9.17, 15) is 18.5 Å². The number of benzene rings is 1. The van der Waals surface area contributed by atoms with Gasteiger partial charge >= 0.3 is 0 Å². The van der Waals surface area contributed by atoms with E-state index in [0.717, 1.165) is 12.1 Å². The van der Waals surface area contributed by atoms with Crippen LogP contribution in [0.15, 0.2) is 33.3 Å². The maximum absolute atomic E-state index is 11.4. The van der Waals surface area contributed by atoms with E-state index in [-0.39, 0.29) is 11.4 Å². The van der Waals surface area contributed by atoms with Crippen molar-refractivity contribution in [3.63, 3.8) is 0 Å². The number of allylic oxidation sites excluding steroid dienone is 2. The Labute approximate surface area is 118 Å². The van der Waals surface area contributed by atoms with Crippen LogP contribution in [0.5, 0.6) is 5.75 Å². The molecule has 0 radical (unpaired) electrons. The Morgan fingerprint density at radius 3 is 2.42 bits per heavy atom. The predicted octanol–water partition coefficient (Wildman–Crippen LogP) is 2.27. The topological polar surface area (TPSA) is 113 Å². The highest BCUT2D eigenvalue weighted by Gasteiger charge is 2.20. The van der Waals surface area contributed by atoms with E-state index >= 15 is 0 Å². The van der Waals surface area contributed by atoms with E-state index in [2.05, 4.69) is 15.9 Å². The summed E-state index contributed by atoms with van der Waals surface area (Å²) < 4.78 is 28.8. The molecule has 7 nitrogen and oxygen atoms in total. The molecule has 1 rings (SSSR count). The Balaban J connectivity index is 3.41. The van der Waals surface area contributed by atoms with Crippen molar-refractivity contribution in [2.24, 2.45) is 5.14 Å². The number of hydrogen-bond acceptors (Lipinski definition) is 5. The van der Waals surface area contributed by atoms with Crippen molar-refractivity contribution in [2.45, 2.75) is 18.7 Å². The fraction of sp³-hybridized carbons (Fsp3) is 0.200. The summed E-state index contributed by atoms with van der Waals surface area (Å²) in [5.41, 5.74) is -0.381. The van der Waals surface area contributed by atoms with Crippen molar-refractivity contribution >= 4 is 31.6 Å². The molecule has 0 aromatic heterocycles. The van der Waals surface area contributed by atoms with Gasteiger partial charge in [0.25, 0.3) is 5.69 Å². The van der Waals surface area contributed by atoms with E-state index in [1.807, 2.05) is 0 Å². The third-order valence-corrected chi connectivity index (χ3v) is 3.68. The van der Waals surface area contributed by atoms with Crippen molar-refractivity contribution in [2.75, 3.05) is 0 Å². The molecule has 0 spiro atoms. The van der Waals surface area contributed by atoms with Crippen LogP contribution in [0, 0.1) is 10.1 Å². The molecule has 0 fully saturated rings. The van der Waals surface area contributed by atoms with Crippen LogP contribution in [0.4, 0.5) is 5.69 Å². The van der Waals surface area contributed by atoms with Gasteiger partial charge in [-0.15, -0.1) is 0 Å². The second-order valence-electron chi connectivity index (χ2n) is 3.62. The number of sulfonamides is 1. The largest absolute Gasteiger partial charge is 0.460 e. The third-order valence-electron chi connectivity index (χ3n) is 2.19. The molecule has 1 aromatic carbocycles. The highest BCUT2D eigenvalue weighted by molar-refractivity contribution is 9.11. The fourth-order valence-corrected chi connectivity index (χ4v) is 1.91. The lowest BCUT2D eigenvalue weighted by Gasteiger charge is -2.10. The summed E-state index contributed by atoms with van der Waals surface area (Å²) in [6, 6.07) is 3.19. The zero-order valence-electron chi connectivity index (χ0n) is 10.1. The van der Waals surface area contributed by atoms with Crippen LogP contribution in [-0.4, -0.2) is 13.3 Å². The van der Waals surface area contributed by atoms with Crippen molar-refractivity contribution in [1.29, 1.82) is 0 Å². The van der Waals surface area contributed by atoms with Gasteiger partial charge in [-0.25, -0.2) is 13.6 Å². The molecule has 0 heterocycles. The number of nitro benzene ring substituents is 1. The lowest BCUT2D eigenvalue weighted by atomic mass is 10.3. The number of ether oxygens (including phenoxy) is 1. The zero-order valence-corrected chi connectivity index (χ0v) is 12.5. The first-order chi connectivity index (χ1) is 8.62. The normalized spacial score (nSPS) is 12.8. The summed E-state index contributed by atoms with van der Waals surface area (Å²) in [7, 11) is -4.13. The quantitative estimate of drug-likeness (QED) is 0.508. The zero-order chi connectivity index (χ0) is 14.8. The Bertz CT molecular complexity index is 650. The average molecular weight is 351 g/mol. The van der Waals surface area contributed by atoms with Gasteiger partial charge < -0.3 is 4.74 Å². The number of nitro groups is 1. The summed E-state index contributed by atoms with van der Waals surface area (Å²) in [5.74, 6) is 0.350. The SMILES string of the molecule is CC(Br)=C(C)Oc1ccc([N+](=O)[O-])cc1S(N)(=O)=O. The minimum absolute atomic E-state index is 0.0654. The molecule has 19 heavy (non-hydrogen) atoms. The Kier molecular flexibility index (Phi) is 4.66. The minimum Gasteiger partial charge on any atom is -0.460 e. The van der Waals surface area contributed by atoms with Crippen LogP contribution in [-0.2, 0) is 10.0 Å². The van der Waals surface area contributed by atoms with Gasteiger partial charge in [-0.1, -0.05) is 15.9 Å². The second-order valence-corrected chi connectivity index (χ2v) is 6.34. The smallest absolute Gasteiger partial charge is 0.271 e. The summed E-state index contributed by atoms with van der Waals surface area (Å²) in [6.07, 6.45) is 0. The maximum atomic E-state index is 11.4. The third kappa shape index (κ3) is 4.01. The number of nitrogens with zero attached hydrogens (tertiary/aromatic N) is 1. The lowest BCUT2D eigenvalue weighted by molar-refractivity contribution is -0.385. The molecule has 0 bridgehead atoms. The van der Waals surface area contributed by atoms with Crippen molar-refractivity contribution in [1.82, 2.24) is 0 Å². The predicted molar refractivity (Wildman–Crippen MR) is 72.4 cm³/mol. The van der Waals surface area contributed by atoms with E-state index in [1.54, 1.807) is 13.8 Å². The molecule has 0 aliphatic carbocycles. The van der Waals surface area contributed by atoms with Crippen molar-refractivity contribution in [3.05, 3.63) is 38.6 Å². The van der Waals surface area contributed by atoms with Gasteiger partial charge in [0.2, 0.25) is 10.0 Å². The molecule has 0 amide bonds. The number of non-ortho nitro benzene ring substituents is 1. The highest BCUT2D eigenvalue weighted by atomic mass is 79.9. The van der Waals surface area contributed by atoms with E-state index < -0.39 is 19.8 Å². The van der Waals surface area contributed by atoms with Gasteiger partial charge in [0.1, 0.15) is 16.4 Å². The number of hydrogen-bond donors (Lipinski definition) is 1. The van der Waals surface area contributed by atoms with Gasteiger partial charge in [-0.2, -0.15) is 0 Å². The first-order valence-electron chi connectivity index (χ1n) is 4.95. The van der Waals surface area contributed by atoms with Crippen LogP contribution >= 0.6 is 15.9 Å². The first-order valence-corrected chi connectivity index (χ1v) is 7.29. The molecule has 0 unspecified atom stereocenters. The van der Waals surface area contributed by atoms with Gasteiger partial charge in [-0.3, -0.25) is 10.1 Å². The minimum atomic E-state index is -4.13. The van der Waals surface area contributed by atoms with Gasteiger partial charge in [0.15, 0.2) is 0 Å². The molecular formula is C10H11BrN2O5S. The number of halogens is 1. The molecule has 0 saturated carbocycles. The monoisotopic (exact) mass is 350 g/mol. The van der Waals surface area contributed by atoms with Crippen LogP contribution in [0.25, 0.3) is 0 Å². The van der Waals surface area contributed by atoms with Crippen LogP contribution in [0.2, 0.25) is 0 Å². The molecule has 9 heteroatoms. The molecule has 1 aromatic rings. The average Bonchev–Trinajstić information content (AvgIpc) is 2.27. The van der Waals surface area contributed by atoms with Crippen LogP contribution in [0.1, 0.15) is 13.8 Å². The fourth-order valence-electron chi connectivity index (χ4n) is 1.15. The summed E-state index contributed by atoms with van der Waals surface area (Å²) in [5, 5.41) is 15.7. The molecule has 0 saturated heterocycles. The number of nitrogens with two attached hydrogens (primary N) is 1. The lowest BCUT2D eigenvalue weighted by Crippen LogP contribution is -2.14. The molecule has 0 atom stereocenters. The maximum Gasteiger partial charge on any atom is 0.271 e. The summed E-state index contributed by atoms with van der Waals surface area (Å²) in [6.45, 7) is 3.32. The molecule has 2 N–H and O–H groups in total. The summed E-state index contributed by atoms with van der Waals surface area (Å²) >= 11 is 3.18. The second kappa shape index (κ2) is 5.68. The Hall–Kier alpha value is -1.45.